The summed E-state index contributed by atoms with van der Waals surface area (Å²) in [6.45, 7) is 21.4. The molecule has 0 amide bonds. The molecule has 0 spiro atoms. The summed E-state index contributed by atoms with van der Waals surface area (Å²) < 4.78 is 5.69. The summed E-state index contributed by atoms with van der Waals surface area (Å²) >= 11 is 0. The third-order valence-electron chi connectivity index (χ3n) is 4.36. The van der Waals surface area contributed by atoms with E-state index >= 15 is 0 Å². The van der Waals surface area contributed by atoms with Crippen molar-refractivity contribution in [3.8, 4) is 0 Å². The number of rotatable bonds is 6. The molecular weight excluding hydrogens is 263 g/mol. The van der Waals surface area contributed by atoms with Gasteiger partial charge in [-0.3, -0.25) is 0 Å². The van der Waals surface area contributed by atoms with E-state index in [1.165, 1.54) is 6.16 Å². The zero-order valence-electron chi connectivity index (χ0n) is 15.1. The highest BCUT2D eigenvalue weighted by atomic mass is 31.2. The quantitative estimate of drug-likeness (QED) is 0.501. The molecule has 2 nitrogen and oxygen atoms in total. The Bertz CT molecular complexity index is 298. The van der Waals surface area contributed by atoms with E-state index in [0.29, 0.717) is 29.8 Å². The van der Waals surface area contributed by atoms with Crippen molar-refractivity contribution < 1.29 is 0 Å². The summed E-state index contributed by atoms with van der Waals surface area (Å²) in [6, 6.07) is 2.41. The van der Waals surface area contributed by atoms with E-state index in [2.05, 4.69) is 83.8 Å². The van der Waals surface area contributed by atoms with Crippen molar-refractivity contribution >= 4 is 7.56 Å². The van der Waals surface area contributed by atoms with Crippen LogP contribution in [0.1, 0.15) is 62.3 Å². The predicted molar refractivity (Wildman–Crippen MR) is 94.6 cm³/mol. The van der Waals surface area contributed by atoms with Crippen molar-refractivity contribution in [2.75, 3.05) is 6.16 Å². The van der Waals surface area contributed by atoms with E-state index in [4.69, 9.17) is 0 Å². The Balaban J connectivity index is 3.36. The van der Waals surface area contributed by atoms with Crippen molar-refractivity contribution in [2.45, 2.75) is 92.1 Å². The molecule has 0 N–H and O–H groups in total. The average Bonchev–Trinajstić information content (AvgIpc) is 2.58. The van der Waals surface area contributed by atoms with Gasteiger partial charge in [-0.15, -0.1) is 0 Å². The van der Waals surface area contributed by atoms with Crippen LogP contribution in [0, 0.1) is 0 Å². The zero-order valence-corrected chi connectivity index (χ0v) is 16.0. The molecule has 0 aromatic heterocycles. The molecule has 1 aliphatic heterocycles. The number of hydrogen-bond donors (Lipinski definition) is 0. The van der Waals surface area contributed by atoms with Gasteiger partial charge in [0.15, 0.2) is 7.56 Å². The van der Waals surface area contributed by atoms with E-state index in [0.717, 1.165) is 0 Å². The number of hydrogen-bond acceptors (Lipinski definition) is 2. The van der Waals surface area contributed by atoms with Gasteiger partial charge in [-0.1, -0.05) is 0 Å². The van der Waals surface area contributed by atoms with Gasteiger partial charge in [0, 0.05) is 24.2 Å². The Hall–Kier alpha value is 0.0900. The van der Waals surface area contributed by atoms with Gasteiger partial charge in [0.1, 0.15) is 11.8 Å². The molecule has 3 heteroatoms. The molecule has 1 rings (SSSR count). The first-order chi connectivity index (χ1) is 9.16. The smallest absolute Gasteiger partial charge is 0.158 e. The van der Waals surface area contributed by atoms with Crippen LogP contribution in [0.4, 0.5) is 0 Å². The highest BCUT2D eigenvalue weighted by Crippen LogP contribution is 2.73. The summed E-state index contributed by atoms with van der Waals surface area (Å²) in [5.41, 5.74) is 0.678. The lowest BCUT2D eigenvalue weighted by atomic mass is 10.3. The molecule has 20 heavy (non-hydrogen) atoms. The van der Waals surface area contributed by atoms with E-state index in [1.54, 1.807) is 0 Å². The summed E-state index contributed by atoms with van der Waals surface area (Å²) in [4.78, 5) is 0. The molecular formula is C17H36N2P+. The van der Waals surface area contributed by atoms with Crippen LogP contribution >= 0.6 is 7.56 Å². The lowest BCUT2D eigenvalue weighted by Crippen LogP contribution is -2.50. The normalized spacial score (nSPS) is 22.4. The second kappa shape index (κ2) is 6.90. The maximum Gasteiger partial charge on any atom is 0.164 e. The van der Waals surface area contributed by atoms with Gasteiger partial charge in [-0.2, -0.15) is 9.34 Å². The number of nitrogens with zero attached hydrogens (tertiary/aromatic N) is 2. The van der Waals surface area contributed by atoms with Crippen LogP contribution in [-0.4, -0.2) is 45.3 Å². The Morgan fingerprint density at radius 2 is 1.15 bits per heavy atom. The Morgan fingerprint density at radius 3 is 1.35 bits per heavy atom. The van der Waals surface area contributed by atoms with Crippen LogP contribution in [0.25, 0.3) is 0 Å². The number of allylic oxidation sites excluding steroid dienone is 2. The SMILES string of the molecule is CC(C)N(C(C)C)[P+]1(N(C(C)C)C(C)C)CC=CC1C. The molecule has 1 unspecified atom stereocenters. The van der Waals surface area contributed by atoms with Gasteiger partial charge in [0.2, 0.25) is 0 Å². The molecule has 0 aromatic rings. The lowest BCUT2D eigenvalue weighted by molar-refractivity contribution is 0.243. The molecule has 0 fully saturated rings. The van der Waals surface area contributed by atoms with Gasteiger partial charge < -0.3 is 0 Å². The Morgan fingerprint density at radius 1 is 0.800 bits per heavy atom. The van der Waals surface area contributed by atoms with Gasteiger partial charge >= 0.3 is 0 Å². The standard InChI is InChI=1S/C17H36N2P/c1-13(2)18(14(3)4)20(12-10-11-17(20)9)19(15(5)6)16(7)8/h10-11,13-17H,12H2,1-9H3/q+1. The maximum absolute atomic E-state index is 2.84. The van der Waals surface area contributed by atoms with Crippen LogP contribution in [0.3, 0.4) is 0 Å². The van der Waals surface area contributed by atoms with Crippen LogP contribution in [0.15, 0.2) is 12.2 Å². The van der Waals surface area contributed by atoms with Crippen LogP contribution in [-0.2, 0) is 0 Å². The summed E-state index contributed by atoms with van der Waals surface area (Å²) in [6.07, 6.45) is 6.15. The zero-order chi connectivity index (χ0) is 15.7. The first kappa shape index (κ1) is 18.1. The molecule has 1 aliphatic rings. The van der Waals surface area contributed by atoms with Gasteiger partial charge in [0.25, 0.3) is 0 Å². The summed E-state index contributed by atoms with van der Waals surface area (Å²) in [5.74, 6) is 0. The van der Waals surface area contributed by atoms with E-state index in [9.17, 15) is 0 Å². The lowest BCUT2D eigenvalue weighted by Gasteiger charge is -2.50. The third-order valence-corrected chi connectivity index (χ3v) is 10.0. The van der Waals surface area contributed by atoms with Crippen LogP contribution in [0.2, 0.25) is 0 Å². The molecule has 0 saturated carbocycles. The molecule has 0 radical (unpaired) electrons. The molecule has 118 valence electrons. The average molecular weight is 299 g/mol. The Kier molecular flexibility index (Phi) is 6.26. The first-order valence-corrected chi connectivity index (χ1v) is 10.2. The molecule has 1 heterocycles. The monoisotopic (exact) mass is 299 g/mol. The molecule has 0 saturated heterocycles. The van der Waals surface area contributed by atoms with Crippen molar-refractivity contribution in [3.63, 3.8) is 0 Å². The van der Waals surface area contributed by atoms with Gasteiger partial charge in [-0.05, 0) is 74.5 Å². The minimum absolute atomic E-state index is 0.602. The molecule has 0 bridgehead atoms. The highest BCUT2D eigenvalue weighted by molar-refractivity contribution is 7.72. The molecule has 0 aromatic carbocycles. The van der Waals surface area contributed by atoms with E-state index in [-0.39, 0.29) is 0 Å². The fourth-order valence-corrected chi connectivity index (χ4v) is 10.1. The highest BCUT2D eigenvalue weighted by Gasteiger charge is 2.58. The fraction of sp³-hybridized carbons (Fsp3) is 0.882. The van der Waals surface area contributed by atoms with Crippen molar-refractivity contribution in [2.24, 2.45) is 0 Å². The van der Waals surface area contributed by atoms with Crippen molar-refractivity contribution in [1.29, 1.82) is 0 Å². The largest absolute Gasteiger partial charge is 0.164 e. The predicted octanol–water partition coefficient (Wildman–Crippen LogP) is 5.03. The first-order valence-electron chi connectivity index (χ1n) is 8.28. The fourth-order valence-electron chi connectivity index (χ4n) is 4.24. The molecule has 0 aliphatic carbocycles. The van der Waals surface area contributed by atoms with E-state index in [1.807, 2.05) is 0 Å². The van der Waals surface area contributed by atoms with E-state index < -0.39 is 7.56 Å². The minimum Gasteiger partial charge on any atom is -0.158 e. The topological polar surface area (TPSA) is 6.48 Å². The van der Waals surface area contributed by atoms with Crippen molar-refractivity contribution in [1.82, 2.24) is 9.34 Å². The molecule has 1 atom stereocenters. The maximum atomic E-state index is 2.84. The third kappa shape index (κ3) is 3.13. The second-order valence-electron chi connectivity index (χ2n) is 7.27. The Labute approximate surface area is 128 Å². The summed E-state index contributed by atoms with van der Waals surface area (Å²) in [7, 11) is -1.33. The summed E-state index contributed by atoms with van der Waals surface area (Å²) in [5, 5.41) is 0. The van der Waals surface area contributed by atoms with Crippen LogP contribution in [0.5, 0.6) is 0 Å². The van der Waals surface area contributed by atoms with Crippen molar-refractivity contribution in [3.05, 3.63) is 12.2 Å². The minimum atomic E-state index is -1.33. The van der Waals surface area contributed by atoms with Crippen LogP contribution < -0.4 is 0 Å². The van der Waals surface area contributed by atoms with Gasteiger partial charge in [-0.25, -0.2) is 0 Å². The van der Waals surface area contributed by atoms with Gasteiger partial charge in [0.05, 0.1) is 0 Å². The second-order valence-corrected chi connectivity index (χ2v) is 10.9.